The SMILES string of the molecule is CCC(C)(O)CNC(=O)CCOc1cccc(C)c1C. The molecule has 1 rings (SSSR count). The fraction of sp³-hybridized carbons (Fsp3) is 0.562. The monoisotopic (exact) mass is 279 g/mol. The van der Waals surface area contributed by atoms with Gasteiger partial charge in [0.1, 0.15) is 5.75 Å². The molecule has 1 aromatic carbocycles. The molecule has 0 heterocycles. The minimum Gasteiger partial charge on any atom is -0.493 e. The Bertz CT molecular complexity index is 455. The van der Waals surface area contributed by atoms with Gasteiger partial charge < -0.3 is 15.2 Å². The lowest BCUT2D eigenvalue weighted by Crippen LogP contribution is -2.40. The van der Waals surface area contributed by atoms with E-state index in [9.17, 15) is 9.90 Å². The second-order valence-corrected chi connectivity index (χ2v) is 5.42. The molecule has 20 heavy (non-hydrogen) atoms. The number of aryl methyl sites for hydroxylation is 1. The summed E-state index contributed by atoms with van der Waals surface area (Å²) in [5.41, 5.74) is 1.43. The average molecular weight is 279 g/mol. The number of rotatable bonds is 7. The molecule has 2 N–H and O–H groups in total. The van der Waals surface area contributed by atoms with Crippen molar-refractivity contribution < 1.29 is 14.6 Å². The largest absolute Gasteiger partial charge is 0.493 e. The van der Waals surface area contributed by atoms with Crippen LogP contribution in [0.3, 0.4) is 0 Å². The number of ether oxygens (including phenoxy) is 1. The highest BCUT2D eigenvalue weighted by Crippen LogP contribution is 2.20. The van der Waals surface area contributed by atoms with Crippen LogP contribution in [-0.4, -0.2) is 29.8 Å². The molecule has 0 saturated heterocycles. The molecule has 0 aliphatic rings. The van der Waals surface area contributed by atoms with Crippen LogP contribution in [0.1, 0.15) is 37.8 Å². The van der Waals surface area contributed by atoms with Crippen LogP contribution < -0.4 is 10.1 Å². The molecule has 1 aromatic rings. The molecular formula is C16H25NO3. The van der Waals surface area contributed by atoms with Crippen LogP contribution in [-0.2, 0) is 4.79 Å². The van der Waals surface area contributed by atoms with Gasteiger partial charge in [0.15, 0.2) is 0 Å². The Morgan fingerprint density at radius 3 is 2.75 bits per heavy atom. The molecule has 1 unspecified atom stereocenters. The van der Waals surface area contributed by atoms with Gasteiger partial charge in [-0.25, -0.2) is 0 Å². The summed E-state index contributed by atoms with van der Waals surface area (Å²) in [6, 6.07) is 5.88. The number of aliphatic hydroxyl groups is 1. The van der Waals surface area contributed by atoms with Gasteiger partial charge in [0, 0.05) is 6.54 Å². The van der Waals surface area contributed by atoms with Gasteiger partial charge in [-0.05, 0) is 44.4 Å². The normalized spacial score (nSPS) is 13.7. The lowest BCUT2D eigenvalue weighted by Gasteiger charge is -2.21. The highest BCUT2D eigenvalue weighted by atomic mass is 16.5. The Morgan fingerprint density at radius 2 is 2.10 bits per heavy atom. The van der Waals surface area contributed by atoms with Crippen LogP contribution in [0.15, 0.2) is 18.2 Å². The van der Waals surface area contributed by atoms with Gasteiger partial charge in [-0.3, -0.25) is 4.79 Å². The number of carbonyl (C=O) groups excluding carboxylic acids is 1. The van der Waals surface area contributed by atoms with E-state index in [1.54, 1.807) is 6.92 Å². The first-order valence-electron chi connectivity index (χ1n) is 7.04. The zero-order valence-electron chi connectivity index (χ0n) is 12.8. The van der Waals surface area contributed by atoms with E-state index >= 15 is 0 Å². The predicted molar refractivity (Wildman–Crippen MR) is 80.0 cm³/mol. The van der Waals surface area contributed by atoms with E-state index in [2.05, 4.69) is 5.32 Å². The molecule has 0 saturated carbocycles. The summed E-state index contributed by atoms with van der Waals surface area (Å²) in [4.78, 5) is 11.6. The van der Waals surface area contributed by atoms with Crippen molar-refractivity contribution in [3.8, 4) is 5.75 Å². The highest BCUT2D eigenvalue weighted by Gasteiger charge is 2.18. The van der Waals surface area contributed by atoms with Gasteiger partial charge in [-0.2, -0.15) is 0 Å². The molecule has 0 radical (unpaired) electrons. The van der Waals surface area contributed by atoms with Crippen molar-refractivity contribution in [3.05, 3.63) is 29.3 Å². The van der Waals surface area contributed by atoms with E-state index in [-0.39, 0.29) is 18.9 Å². The standard InChI is InChI=1S/C16H25NO3/c1-5-16(4,19)11-17-15(18)9-10-20-14-8-6-7-12(2)13(14)3/h6-8,19H,5,9-11H2,1-4H3,(H,17,18). The van der Waals surface area contributed by atoms with Crippen molar-refractivity contribution in [1.29, 1.82) is 0 Å². The molecule has 0 fully saturated rings. The van der Waals surface area contributed by atoms with E-state index in [1.165, 1.54) is 5.56 Å². The number of hydrogen-bond donors (Lipinski definition) is 2. The van der Waals surface area contributed by atoms with Crippen molar-refractivity contribution in [2.75, 3.05) is 13.2 Å². The van der Waals surface area contributed by atoms with Crippen LogP contribution in [0.2, 0.25) is 0 Å². The summed E-state index contributed by atoms with van der Waals surface area (Å²) >= 11 is 0. The maximum Gasteiger partial charge on any atom is 0.223 e. The fourth-order valence-corrected chi connectivity index (χ4v) is 1.64. The molecule has 112 valence electrons. The zero-order valence-corrected chi connectivity index (χ0v) is 12.8. The number of amides is 1. The average Bonchev–Trinajstić information content (AvgIpc) is 2.41. The third-order valence-electron chi connectivity index (χ3n) is 3.57. The summed E-state index contributed by atoms with van der Waals surface area (Å²) in [6.07, 6.45) is 0.888. The van der Waals surface area contributed by atoms with Crippen LogP contribution in [0.25, 0.3) is 0 Å². The molecule has 0 aliphatic heterocycles. The van der Waals surface area contributed by atoms with Crippen molar-refractivity contribution in [2.45, 2.75) is 46.1 Å². The zero-order chi connectivity index (χ0) is 15.2. The summed E-state index contributed by atoms with van der Waals surface area (Å²) < 4.78 is 5.62. The van der Waals surface area contributed by atoms with Crippen molar-refractivity contribution >= 4 is 5.91 Å². The van der Waals surface area contributed by atoms with Crippen LogP contribution in [0.4, 0.5) is 0 Å². The molecular weight excluding hydrogens is 254 g/mol. The summed E-state index contributed by atoms with van der Waals surface area (Å²) in [6.45, 7) is 8.23. The second-order valence-electron chi connectivity index (χ2n) is 5.42. The van der Waals surface area contributed by atoms with Crippen LogP contribution >= 0.6 is 0 Å². The smallest absolute Gasteiger partial charge is 0.223 e. The highest BCUT2D eigenvalue weighted by molar-refractivity contribution is 5.76. The van der Waals surface area contributed by atoms with E-state index in [4.69, 9.17) is 4.74 Å². The second kappa shape index (κ2) is 7.29. The maximum atomic E-state index is 11.6. The predicted octanol–water partition coefficient (Wildman–Crippen LogP) is 2.35. The quantitative estimate of drug-likeness (QED) is 0.805. The van der Waals surface area contributed by atoms with Gasteiger partial charge in [-0.15, -0.1) is 0 Å². The Morgan fingerprint density at radius 1 is 1.40 bits per heavy atom. The van der Waals surface area contributed by atoms with Crippen molar-refractivity contribution in [1.82, 2.24) is 5.32 Å². The molecule has 0 bridgehead atoms. The number of carbonyl (C=O) groups is 1. The fourth-order valence-electron chi connectivity index (χ4n) is 1.64. The first-order valence-corrected chi connectivity index (χ1v) is 7.04. The minimum absolute atomic E-state index is 0.107. The molecule has 0 spiro atoms. The summed E-state index contributed by atoms with van der Waals surface area (Å²) in [5.74, 6) is 0.711. The molecule has 4 heteroatoms. The Balaban J connectivity index is 2.34. The van der Waals surface area contributed by atoms with E-state index < -0.39 is 5.60 Å². The molecule has 1 atom stereocenters. The Kier molecular flexibility index (Phi) is 6.02. The maximum absolute atomic E-state index is 11.6. The van der Waals surface area contributed by atoms with Crippen LogP contribution in [0.5, 0.6) is 5.75 Å². The Labute approximate surface area is 121 Å². The number of benzene rings is 1. The van der Waals surface area contributed by atoms with Crippen LogP contribution in [0, 0.1) is 13.8 Å². The minimum atomic E-state index is -0.844. The molecule has 0 aromatic heterocycles. The van der Waals surface area contributed by atoms with E-state index in [0.29, 0.717) is 13.0 Å². The van der Waals surface area contributed by atoms with Gasteiger partial charge in [0.25, 0.3) is 0 Å². The van der Waals surface area contributed by atoms with E-state index in [1.807, 2.05) is 39.0 Å². The first kappa shape index (κ1) is 16.5. The van der Waals surface area contributed by atoms with Crippen molar-refractivity contribution in [2.24, 2.45) is 0 Å². The van der Waals surface area contributed by atoms with Gasteiger partial charge in [-0.1, -0.05) is 19.1 Å². The first-order chi connectivity index (χ1) is 9.35. The van der Waals surface area contributed by atoms with Gasteiger partial charge in [0.05, 0.1) is 18.6 Å². The lowest BCUT2D eigenvalue weighted by molar-refractivity contribution is -0.122. The van der Waals surface area contributed by atoms with E-state index in [0.717, 1.165) is 11.3 Å². The third-order valence-corrected chi connectivity index (χ3v) is 3.57. The van der Waals surface area contributed by atoms with Gasteiger partial charge >= 0.3 is 0 Å². The van der Waals surface area contributed by atoms with Crippen molar-refractivity contribution in [3.63, 3.8) is 0 Å². The lowest BCUT2D eigenvalue weighted by atomic mass is 10.0. The number of hydrogen-bond acceptors (Lipinski definition) is 3. The molecule has 4 nitrogen and oxygen atoms in total. The number of nitrogens with one attached hydrogen (secondary N) is 1. The summed E-state index contributed by atoms with van der Waals surface area (Å²) in [7, 11) is 0. The third kappa shape index (κ3) is 5.21. The Hall–Kier alpha value is -1.55. The summed E-state index contributed by atoms with van der Waals surface area (Å²) in [5, 5.41) is 12.5. The molecule has 1 amide bonds. The topological polar surface area (TPSA) is 58.6 Å². The van der Waals surface area contributed by atoms with Gasteiger partial charge in [0.2, 0.25) is 5.91 Å². The molecule has 0 aliphatic carbocycles.